The molecule has 1 atom stereocenters. The Morgan fingerprint density at radius 2 is 1.96 bits per heavy atom. The maximum absolute atomic E-state index is 12.7. The fourth-order valence-corrected chi connectivity index (χ4v) is 4.15. The van der Waals surface area contributed by atoms with E-state index in [4.69, 9.17) is 4.98 Å². The van der Waals surface area contributed by atoms with Gasteiger partial charge in [-0.15, -0.1) is 0 Å². The third-order valence-electron chi connectivity index (χ3n) is 4.63. The third-order valence-corrected chi connectivity index (χ3v) is 5.73. The number of aryl methyl sites for hydroxylation is 1. The lowest BCUT2D eigenvalue weighted by Gasteiger charge is -2.35. The number of para-hydroxylation sites is 1. The summed E-state index contributed by atoms with van der Waals surface area (Å²) in [5, 5.41) is 5.31. The van der Waals surface area contributed by atoms with Crippen molar-refractivity contribution in [2.45, 2.75) is 19.9 Å². The van der Waals surface area contributed by atoms with Crippen molar-refractivity contribution >= 4 is 32.6 Å². The molecule has 6 nitrogen and oxygen atoms in total. The summed E-state index contributed by atoms with van der Waals surface area (Å²) in [6, 6.07) is 7.94. The monoisotopic (exact) mass is 355 g/mol. The standard InChI is InChI=1S/C18H21N5OS/c1-13-11-19-23(12-13)14(2)17(24)21-7-9-22(10-8-21)18-20-15-5-3-4-6-16(15)25-18/h3-6,11-12,14H,7-10H2,1-2H3/t14-/m0/s1. The highest BCUT2D eigenvalue weighted by atomic mass is 32.1. The van der Waals surface area contributed by atoms with Crippen LogP contribution >= 0.6 is 11.3 Å². The van der Waals surface area contributed by atoms with Gasteiger partial charge in [0, 0.05) is 32.4 Å². The number of nitrogens with zero attached hydrogens (tertiary/aromatic N) is 5. The smallest absolute Gasteiger partial charge is 0.247 e. The molecule has 0 aliphatic carbocycles. The number of thiazole rings is 1. The predicted molar refractivity (Wildman–Crippen MR) is 100 cm³/mol. The van der Waals surface area contributed by atoms with Gasteiger partial charge in [-0.2, -0.15) is 5.10 Å². The maximum atomic E-state index is 12.7. The lowest BCUT2D eigenvalue weighted by molar-refractivity contribution is -0.134. The lowest BCUT2D eigenvalue weighted by Crippen LogP contribution is -2.50. The predicted octanol–water partition coefficient (Wildman–Crippen LogP) is 2.71. The largest absolute Gasteiger partial charge is 0.345 e. The Morgan fingerprint density at radius 1 is 1.20 bits per heavy atom. The van der Waals surface area contributed by atoms with Gasteiger partial charge in [-0.3, -0.25) is 9.48 Å². The average molecular weight is 355 g/mol. The van der Waals surface area contributed by atoms with Crippen LogP contribution in [0.25, 0.3) is 10.2 Å². The molecule has 4 rings (SSSR count). The van der Waals surface area contributed by atoms with Gasteiger partial charge < -0.3 is 9.80 Å². The molecule has 3 aromatic rings. The van der Waals surface area contributed by atoms with E-state index < -0.39 is 0 Å². The van der Waals surface area contributed by atoms with Crippen LogP contribution in [0.5, 0.6) is 0 Å². The van der Waals surface area contributed by atoms with Crippen molar-refractivity contribution in [3.05, 3.63) is 42.2 Å². The van der Waals surface area contributed by atoms with Gasteiger partial charge in [0.1, 0.15) is 6.04 Å². The fraction of sp³-hybridized carbons (Fsp3) is 0.389. The second-order valence-corrected chi connectivity index (χ2v) is 7.46. The zero-order valence-corrected chi connectivity index (χ0v) is 15.2. The summed E-state index contributed by atoms with van der Waals surface area (Å²) >= 11 is 1.72. The maximum Gasteiger partial charge on any atom is 0.247 e. The summed E-state index contributed by atoms with van der Waals surface area (Å²) in [5.74, 6) is 0.132. The minimum Gasteiger partial charge on any atom is -0.345 e. The number of benzene rings is 1. The van der Waals surface area contributed by atoms with Crippen LogP contribution < -0.4 is 4.90 Å². The third kappa shape index (κ3) is 3.11. The van der Waals surface area contributed by atoms with Crippen LogP contribution in [0.3, 0.4) is 0 Å². The van der Waals surface area contributed by atoms with Crippen LogP contribution in [-0.4, -0.2) is 51.8 Å². The van der Waals surface area contributed by atoms with Crippen LogP contribution in [0.4, 0.5) is 5.13 Å². The Morgan fingerprint density at radius 3 is 2.64 bits per heavy atom. The quantitative estimate of drug-likeness (QED) is 0.725. The van der Waals surface area contributed by atoms with Crippen molar-refractivity contribution in [3.63, 3.8) is 0 Å². The van der Waals surface area contributed by atoms with Gasteiger partial charge in [0.15, 0.2) is 5.13 Å². The number of amides is 1. The lowest BCUT2D eigenvalue weighted by atomic mass is 10.2. The summed E-state index contributed by atoms with van der Waals surface area (Å²) < 4.78 is 2.95. The molecule has 3 heterocycles. The van der Waals surface area contributed by atoms with E-state index in [1.165, 1.54) is 4.70 Å². The molecule has 0 N–H and O–H groups in total. The number of aromatic nitrogens is 3. The van der Waals surface area contributed by atoms with Crippen LogP contribution in [0, 0.1) is 6.92 Å². The van der Waals surface area contributed by atoms with E-state index in [1.54, 1.807) is 22.2 Å². The van der Waals surface area contributed by atoms with Crippen LogP contribution in [-0.2, 0) is 4.79 Å². The first-order valence-electron chi connectivity index (χ1n) is 8.52. The number of hydrogen-bond donors (Lipinski definition) is 0. The number of carbonyl (C=O) groups is 1. The highest BCUT2D eigenvalue weighted by Gasteiger charge is 2.27. The molecule has 0 bridgehead atoms. The summed E-state index contributed by atoms with van der Waals surface area (Å²) in [5.41, 5.74) is 2.11. The van der Waals surface area contributed by atoms with Gasteiger partial charge in [-0.1, -0.05) is 23.5 Å². The number of fused-ring (bicyclic) bond motifs is 1. The summed E-state index contributed by atoms with van der Waals surface area (Å²) in [4.78, 5) is 21.7. The number of anilines is 1. The van der Waals surface area contributed by atoms with Crippen molar-refractivity contribution in [1.29, 1.82) is 0 Å². The van der Waals surface area contributed by atoms with Gasteiger partial charge in [-0.05, 0) is 31.5 Å². The minimum atomic E-state index is -0.261. The second-order valence-electron chi connectivity index (χ2n) is 6.45. The summed E-state index contributed by atoms with van der Waals surface area (Å²) in [7, 11) is 0. The molecule has 1 aliphatic rings. The van der Waals surface area contributed by atoms with Crippen molar-refractivity contribution in [2.24, 2.45) is 0 Å². The first-order valence-corrected chi connectivity index (χ1v) is 9.33. The van der Waals surface area contributed by atoms with E-state index in [9.17, 15) is 4.79 Å². The fourth-order valence-electron chi connectivity index (χ4n) is 3.14. The molecule has 130 valence electrons. The zero-order chi connectivity index (χ0) is 17.4. The SMILES string of the molecule is Cc1cnn([C@@H](C)C(=O)N2CCN(c3nc4ccccc4s3)CC2)c1. The van der Waals surface area contributed by atoms with E-state index in [0.29, 0.717) is 0 Å². The first kappa shape index (κ1) is 16.1. The van der Waals surface area contributed by atoms with E-state index in [2.05, 4.69) is 16.1 Å². The van der Waals surface area contributed by atoms with Gasteiger partial charge in [-0.25, -0.2) is 4.98 Å². The first-order chi connectivity index (χ1) is 12.1. The van der Waals surface area contributed by atoms with Crippen molar-refractivity contribution in [3.8, 4) is 0 Å². The van der Waals surface area contributed by atoms with Crippen LogP contribution in [0.15, 0.2) is 36.7 Å². The molecule has 2 aromatic heterocycles. The second kappa shape index (κ2) is 6.48. The Kier molecular flexibility index (Phi) is 4.17. The van der Waals surface area contributed by atoms with E-state index >= 15 is 0 Å². The summed E-state index contributed by atoms with van der Waals surface area (Å²) in [6.07, 6.45) is 3.70. The van der Waals surface area contributed by atoms with Crippen molar-refractivity contribution < 1.29 is 4.79 Å². The molecule has 1 aromatic carbocycles. The van der Waals surface area contributed by atoms with Crippen LogP contribution in [0.2, 0.25) is 0 Å². The molecule has 0 saturated carbocycles. The number of hydrogen-bond acceptors (Lipinski definition) is 5. The van der Waals surface area contributed by atoms with E-state index in [0.717, 1.165) is 42.4 Å². The molecule has 1 fully saturated rings. The molecule has 0 radical (unpaired) electrons. The molecule has 1 aliphatic heterocycles. The summed E-state index contributed by atoms with van der Waals surface area (Å²) in [6.45, 7) is 6.97. The Balaban J connectivity index is 1.41. The Hall–Kier alpha value is -2.41. The van der Waals surface area contributed by atoms with Crippen molar-refractivity contribution in [1.82, 2.24) is 19.7 Å². The molecular formula is C18H21N5OS. The number of carbonyl (C=O) groups excluding carboxylic acids is 1. The molecule has 1 saturated heterocycles. The highest BCUT2D eigenvalue weighted by molar-refractivity contribution is 7.22. The van der Waals surface area contributed by atoms with E-state index in [-0.39, 0.29) is 11.9 Å². The Labute approximate surface area is 150 Å². The minimum absolute atomic E-state index is 0.132. The van der Waals surface area contributed by atoms with Crippen molar-refractivity contribution in [2.75, 3.05) is 31.1 Å². The van der Waals surface area contributed by atoms with E-state index in [1.807, 2.05) is 43.1 Å². The number of rotatable bonds is 3. The Bertz CT molecular complexity index is 861. The van der Waals surface area contributed by atoms with Gasteiger partial charge >= 0.3 is 0 Å². The van der Waals surface area contributed by atoms with Crippen LogP contribution in [0.1, 0.15) is 18.5 Å². The van der Waals surface area contributed by atoms with Gasteiger partial charge in [0.25, 0.3) is 0 Å². The highest BCUT2D eigenvalue weighted by Crippen LogP contribution is 2.29. The zero-order valence-electron chi connectivity index (χ0n) is 14.4. The normalized spacial score (nSPS) is 16.4. The average Bonchev–Trinajstić information content (AvgIpc) is 3.26. The molecule has 25 heavy (non-hydrogen) atoms. The molecule has 0 unspecified atom stereocenters. The molecule has 7 heteroatoms. The van der Waals surface area contributed by atoms with Gasteiger partial charge in [0.2, 0.25) is 5.91 Å². The van der Waals surface area contributed by atoms with Gasteiger partial charge in [0.05, 0.1) is 16.4 Å². The molecule has 0 spiro atoms. The topological polar surface area (TPSA) is 54.3 Å². The number of piperazine rings is 1. The molecule has 1 amide bonds. The molecular weight excluding hydrogens is 334 g/mol.